The van der Waals surface area contributed by atoms with Crippen LogP contribution < -0.4 is 0 Å². The molecular weight excluding hydrogens is 268 g/mol. The molecule has 0 saturated heterocycles. The SMILES string of the molecule is CN(Cc1ncc[nH]1)C(=O)c1ccc(-n2ccnc2)nc1. The van der Waals surface area contributed by atoms with E-state index in [4.69, 9.17) is 0 Å². The standard InChI is InChI=1S/C14H14N6O/c1-19(9-12-16-4-5-17-12)14(21)11-2-3-13(18-8-11)20-7-6-15-10-20/h2-8,10H,9H2,1H3,(H,16,17). The third-order valence-corrected chi connectivity index (χ3v) is 3.05. The Hall–Kier alpha value is -2.96. The van der Waals surface area contributed by atoms with Crippen molar-refractivity contribution in [2.75, 3.05) is 7.05 Å². The van der Waals surface area contributed by atoms with Gasteiger partial charge in [-0.25, -0.2) is 15.0 Å². The molecule has 0 aliphatic rings. The number of nitrogens with one attached hydrogen (secondary N) is 1. The molecule has 0 atom stereocenters. The minimum absolute atomic E-state index is 0.101. The maximum Gasteiger partial charge on any atom is 0.255 e. The lowest BCUT2D eigenvalue weighted by Crippen LogP contribution is -2.26. The van der Waals surface area contributed by atoms with Gasteiger partial charge in [-0.2, -0.15) is 0 Å². The third kappa shape index (κ3) is 2.81. The summed E-state index contributed by atoms with van der Waals surface area (Å²) in [5.41, 5.74) is 0.535. The zero-order valence-corrected chi connectivity index (χ0v) is 11.5. The first kappa shape index (κ1) is 13.0. The van der Waals surface area contributed by atoms with E-state index < -0.39 is 0 Å². The second-order valence-electron chi connectivity index (χ2n) is 4.57. The van der Waals surface area contributed by atoms with Crippen molar-refractivity contribution in [1.82, 2.24) is 29.4 Å². The molecule has 0 radical (unpaired) electrons. The molecule has 21 heavy (non-hydrogen) atoms. The predicted octanol–water partition coefficient (Wildman–Crippen LogP) is 1.26. The lowest BCUT2D eigenvalue weighted by molar-refractivity contribution is 0.0781. The normalized spacial score (nSPS) is 10.5. The van der Waals surface area contributed by atoms with Crippen LogP contribution in [0.5, 0.6) is 0 Å². The minimum atomic E-state index is -0.101. The summed E-state index contributed by atoms with van der Waals surface area (Å²) in [5.74, 6) is 1.36. The summed E-state index contributed by atoms with van der Waals surface area (Å²) in [6.07, 6.45) is 10.1. The fourth-order valence-electron chi connectivity index (χ4n) is 1.96. The van der Waals surface area contributed by atoms with Crippen LogP contribution in [0, 0.1) is 0 Å². The number of hydrogen-bond acceptors (Lipinski definition) is 4. The molecule has 7 nitrogen and oxygen atoms in total. The fraction of sp³-hybridized carbons (Fsp3) is 0.143. The average molecular weight is 282 g/mol. The van der Waals surface area contributed by atoms with Crippen LogP contribution in [0.4, 0.5) is 0 Å². The number of nitrogens with zero attached hydrogens (tertiary/aromatic N) is 5. The Morgan fingerprint density at radius 1 is 1.33 bits per heavy atom. The van der Waals surface area contributed by atoms with Crippen LogP contribution in [-0.4, -0.2) is 42.4 Å². The number of carbonyl (C=O) groups excluding carboxylic acids is 1. The number of H-pyrrole nitrogens is 1. The molecule has 0 unspecified atom stereocenters. The summed E-state index contributed by atoms with van der Waals surface area (Å²) in [6, 6.07) is 3.54. The van der Waals surface area contributed by atoms with E-state index in [2.05, 4.69) is 19.9 Å². The Kier molecular flexibility index (Phi) is 3.46. The largest absolute Gasteiger partial charge is 0.347 e. The number of hydrogen-bond donors (Lipinski definition) is 1. The summed E-state index contributed by atoms with van der Waals surface area (Å²) in [7, 11) is 1.73. The van der Waals surface area contributed by atoms with Gasteiger partial charge < -0.3 is 9.88 Å². The Morgan fingerprint density at radius 3 is 2.86 bits per heavy atom. The molecule has 3 rings (SSSR count). The molecule has 3 heterocycles. The maximum absolute atomic E-state index is 12.3. The molecule has 7 heteroatoms. The van der Waals surface area contributed by atoms with Crippen molar-refractivity contribution in [2.24, 2.45) is 0 Å². The first-order valence-electron chi connectivity index (χ1n) is 6.42. The molecule has 1 amide bonds. The first-order chi connectivity index (χ1) is 10.2. The van der Waals surface area contributed by atoms with E-state index in [1.54, 1.807) is 66.0 Å². The molecule has 0 bridgehead atoms. The van der Waals surface area contributed by atoms with Crippen molar-refractivity contribution in [3.05, 3.63) is 60.8 Å². The Bertz CT molecular complexity index is 703. The van der Waals surface area contributed by atoms with Crippen molar-refractivity contribution in [3.8, 4) is 5.82 Å². The van der Waals surface area contributed by atoms with Gasteiger partial charge in [0, 0.05) is 38.0 Å². The number of rotatable bonds is 4. The summed E-state index contributed by atoms with van der Waals surface area (Å²) >= 11 is 0. The van der Waals surface area contributed by atoms with Gasteiger partial charge in [0.05, 0.1) is 12.1 Å². The summed E-state index contributed by atoms with van der Waals surface area (Å²) in [6.45, 7) is 0.426. The van der Waals surface area contributed by atoms with Crippen molar-refractivity contribution >= 4 is 5.91 Å². The van der Waals surface area contributed by atoms with E-state index in [-0.39, 0.29) is 5.91 Å². The zero-order valence-electron chi connectivity index (χ0n) is 11.5. The molecule has 3 aromatic heterocycles. The average Bonchev–Trinajstić information content (AvgIpc) is 3.20. The van der Waals surface area contributed by atoms with Gasteiger partial charge in [-0.1, -0.05) is 0 Å². The van der Waals surface area contributed by atoms with Crippen molar-refractivity contribution < 1.29 is 4.79 Å². The maximum atomic E-state index is 12.3. The predicted molar refractivity (Wildman–Crippen MR) is 75.7 cm³/mol. The smallest absolute Gasteiger partial charge is 0.255 e. The van der Waals surface area contributed by atoms with Gasteiger partial charge >= 0.3 is 0 Å². The van der Waals surface area contributed by atoms with Crippen LogP contribution in [0.1, 0.15) is 16.2 Å². The lowest BCUT2D eigenvalue weighted by atomic mass is 10.2. The molecule has 0 fully saturated rings. The fourth-order valence-corrected chi connectivity index (χ4v) is 1.96. The molecule has 3 aromatic rings. The highest BCUT2D eigenvalue weighted by Gasteiger charge is 2.13. The van der Waals surface area contributed by atoms with Gasteiger partial charge in [0.1, 0.15) is 18.0 Å². The van der Waals surface area contributed by atoms with Gasteiger partial charge in [-0.3, -0.25) is 9.36 Å². The molecule has 106 valence electrons. The summed E-state index contributed by atoms with van der Waals surface area (Å²) < 4.78 is 1.78. The topological polar surface area (TPSA) is 79.7 Å². The van der Waals surface area contributed by atoms with Gasteiger partial charge in [-0.15, -0.1) is 0 Å². The van der Waals surface area contributed by atoms with E-state index in [1.165, 1.54) is 0 Å². The number of imidazole rings is 2. The highest BCUT2D eigenvalue weighted by molar-refractivity contribution is 5.93. The van der Waals surface area contributed by atoms with E-state index in [9.17, 15) is 4.79 Å². The highest BCUT2D eigenvalue weighted by Crippen LogP contribution is 2.08. The number of carbonyl (C=O) groups is 1. The van der Waals surface area contributed by atoms with E-state index in [0.717, 1.165) is 11.6 Å². The monoisotopic (exact) mass is 282 g/mol. The van der Waals surface area contributed by atoms with E-state index >= 15 is 0 Å². The molecule has 0 saturated carbocycles. The molecule has 0 aliphatic heterocycles. The Labute approximate surface area is 121 Å². The zero-order chi connectivity index (χ0) is 14.7. The summed E-state index contributed by atoms with van der Waals surface area (Å²) in [4.78, 5) is 29.2. The highest BCUT2D eigenvalue weighted by atomic mass is 16.2. The minimum Gasteiger partial charge on any atom is -0.347 e. The van der Waals surface area contributed by atoms with E-state index in [0.29, 0.717) is 12.1 Å². The van der Waals surface area contributed by atoms with E-state index in [1.807, 2.05) is 0 Å². The van der Waals surface area contributed by atoms with Crippen molar-refractivity contribution in [2.45, 2.75) is 6.54 Å². The van der Waals surface area contributed by atoms with Crippen LogP contribution in [0.25, 0.3) is 5.82 Å². The number of pyridine rings is 1. The Balaban J connectivity index is 1.72. The van der Waals surface area contributed by atoms with Crippen LogP contribution in [0.3, 0.4) is 0 Å². The van der Waals surface area contributed by atoms with Gasteiger partial charge in [-0.05, 0) is 12.1 Å². The lowest BCUT2D eigenvalue weighted by Gasteiger charge is -2.15. The summed E-state index contributed by atoms with van der Waals surface area (Å²) in [5, 5.41) is 0. The quantitative estimate of drug-likeness (QED) is 0.781. The molecule has 0 aromatic carbocycles. The number of aromatic amines is 1. The van der Waals surface area contributed by atoms with Gasteiger partial charge in [0.2, 0.25) is 0 Å². The van der Waals surface area contributed by atoms with Gasteiger partial charge in [0.25, 0.3) is 5.91 Å². The molecule has 0 aliphatic carbocycles. The Morgan fingerprint density at radius 2 is 2.24 bits per heavy atom. The third-order valence-electron chi connectivity index (χ3n) is 3.05. The van der Waals surface area contributed by atoms with Crippen molar-refractivity contribution in [3.63, 3.8) is 0 Å². The number of aromatic nitrogens is 5. The van der Waals surface area contributed by atoms with Crippen LogP contribution >= 0.6 is 0 Å². The van der Waals surface area contributed by atoms with Gasteiger partial charge in [0.15, 0.2) is 0 Å². The van der Waals surface area contributed by atoms with Crippen LogP contribution in [0.2, 0.25) is 0 Å². The second-order valence-corrected chi connectivity index (χ2v) is 4.57. The molecule has 1 N–H and O–H groups in total. The molecule has 0 spiro atoms. The van der Waals surface area contributed by atoms with Crippen molar-refractivity contribution in [1.29, 1.82) is 0 Å². The number of amides is 1. The second kappa shape index (κ2) is 5.58. The molecular formula is C14H14N6O. The van der Waals surface area contributed by atoms with Crippen LogP contribution in [0.15, 0.2) is 49.4 Å². The first-order valence-corrected chi connectivity index (χ1v) is 6.42. The van der Waals surface area contributed by atoms with Crippen LogP contribution in [-0.2, 0) is 6.54 Å².